The lowest BCUT2D eigenvalue weighted by atomic mass is 10.5. The predicted octanol–water partition coefficient (Wildman–Crippen LogP) is 1.71. The summed E-state index contributed by atoms with van der Waals surface area (Å²) in [5.41, 5.74) is 0. The Labute approximate surface area is 49.7 Å². The van der Waals surface area contributed by atoms with Crippen LogP contribution in [0.1, 0.15) is 12.8 Å². The van der Waals surface area contributed by atoms with Gasteiger partial charge in [-0.3, -0.25) is 4.79 Å². The Balaban J connectivity index is 3.32. The van der Waals surface area contributed by atoms with Crippen molar-refractivity contribution in [2.75, 3.05) is 0 Å². The van der Waals surface area contributed by atoms with Crippen molar-refractivity contribution in [3.63, 3.8) is 0 Å². The van der Waals surface area contributed by atoms with E-state index in [4.69, 9.17) is 0 Å². The number of rotatable bonds is 4. The molecule has 44 valence electrons. The van der Waals surface area contributed by atoms with Gasteiger partial charge in [0.15, 0.2) is 0 Å². The van der Waals surface area contributed by atoms with E-state index in [9.17, 15) is 4.79 Å². The second kappa shape index (κ2) is 4.31. The highest BCUT2D eigenvalue weighted by molar-refractivity contribution is 5.80. The molecule has 0 fully saturated rings. The highest BCUT2D eigenvalue weighted by Crippen LogP contribution is 1.89. The topological polar surface area (TPSA) is 17.1 Å². The van der Waals surface area contributed by atoms with Crippen LogP contribution in [0.25, 0.3) is 0 Å². The van der Waals surface area contributed by atoms with Crippen LogP contribution in [0.15, 0.2) is 25.3 Å². The van der Waals surface area contributed by atoms with E-state index in [1.807, 2.05) is 0 Å². The molecule has 0 aromatic rings. The van der Waals surface area contributed by atoms with Gasteiger partial charge in [-0.15, -0.1) is 13.2 Å². The molecule has 0 aliphatic rings. The molecular formula is C7H10O. The van der Waals surface area contributed by atoms with Gasteiger partial charge < -0.3 is 0 Å². The van der Waals surface area contributed by atoms with E-state index >= 15 is 0 Å². The smallest absolute Gasteiger partial charge is 0.140 e. The van der Waals surface area contributed by atoms with E-state index in [2.05, 4.69) is 13.2 Å². The standard InChI is InChI=1S/C7H10O/c1-3-5-7(8)6-4-2/h3-4H,1-2,5-6H2/i7+2. The monoisotopic (exact) mass is 112 g/mol. The van der Waals surface area contributed by atoms with Gasteiger partial charge >= 0.3 is 0 Å². The van der Waals surface area contributed by atoms with E-state index in [-0.39, 0.29) is 5.78 Å². The average molecular weight is 112 g/mol. The summed E-state index contributed by atoms with van der Waals surface area (Å²) in [6.07, 6.45) is 4.13. The molecule has 1 heteroatoms. The minimum absolute atomic E-state index is 0.176. The molecule has 0 rings (SSSR count). The fourth-order valence-corrected chi connectivity index (χ4v) is 0.405. The number of carbonyl (C=O) groups excluding carboxylic acids is 1. The number of Topliss-reactive ketones (excluding diaryl/α,β-unsaturated/α-hetero) is 1. The van der Waals surface area contributed by atoms with E-state index in [0.717, 1.165) is 0 Å². The van der Waals surface area contributed by atoms with E-state index in [1.54, 1.807) is 12.2 Å². The Bertz CT molecular complexity index is 91.0. The molecule has 0 aromatic heterocycles. The van der Waals surface area contributed by atoms with Crippen molar-refractivity contribution in [3.8, 4) is 0 Å². The van der Waals surface area contributed by atoms with Crippen LogP contribution in [-0.2, 0) is 4.79 Å². The number of hydrogen-bond donors (Lipinski definition) is 0. The summed E-state index contributed by atoms with van der Waals surface area (Å²) in [4.78, 5) is 10.5. The zero-order valence-corrected chi connectivity index (χ0v) is 4.89. The Morgan fingerprint density at radius 3 is 1.88 bits per heavy atom. The van der Waals surface area contributed by atoms with Crippen LogP contribution < -0.4 is 0 Å². The zero-order chi connectivity index (χ0) is 6.41. The van der Waals surface area contributed by atoms with Crippen LogP contribution in [0.3, 0.4) is 0 Å². The number of carbonyl (C=O) groups is 1. The van der Waals surface area contributed by atoms with Gasteiger partial charge in [0.25, 0.3) is 0 Å². The van der Waals surface area contributed by atoms with Crippen molar-refractivity contribution in [1.29, 1.82) is 0 Å². The van der Waals surface area contributed by atoms with Gasteiger partial charge in [0.2, 0.25) is 0 Å². The molecule has 0 spiro atoms. The summed E-state index contributed by atoms with van der Waals surface area (Å²) < 4.78 is 0. The molecule has 1 nitrogen and oxygen atoms in total. The predicted molar refractivity (Wildman–Crippen MR) is 34.6 cm³/mol. The normalized spacial score (nSPS) is 8.00. The van der Waals surface area contributed by atoms with Crippen molar-refractivity contribution in [2.45, 2.75) is 12.8 Å². The summed E-state index contributed by atoms with van der Waals surface area (Å²) in [6.45, 7) is 6.86. The molecule has 0 aromatic carbocycles. The fraction of sp³-hybridized carbons (Fsp3) is 0.286. The lowest BCUT2D eigenvalue weighted by Gasteiger charge is -1.85. The molecule has 0 aliphatic carbocycles. The van der Waals surface area contributed by atoms with E-state index in [0.29, 0.717) is 12.8 Å². The first-order chi connectivity index (χ1) is 3.81. The van der Waals surface area contributed by atoms with Crippen molar-refractivity contribution >= 4 is 5.78 Å². The summed E-state index contributed by atoms with van der Waals surface area (Å²) in [5.74, 6) is 0.176. The molecule has 0 saturated carbocycles. The first kappa shape index (κ1) is 7.15. The van der Waals surface area contributed by atoms with Gasteiger partial charge in [-0.05, 0) is 0 Å². The van der Waals surface area contributed by atoms with E-state index in [1.165, 1.54) is 0 Å². The maximum atomic E-state index is 10.5. The third-order valence-electron chi connectivity index (χ3n) is 0.744. The molecule has 0 saturated heterocycles. The average Bonchev–Trinajstić information content (AvgIpc) is 1.68. The highest BCUT2D eigenvalue weighted by atomic mass is 16.3. The summed E-state index contributed by atoms with van der Waals surface area (Å²) in [6, 6.07) is 0. The number of ketones is 1. The van der Waals surface area contributed by atoms with Crippen LogP contribution in [0.5, 0.6) is 0 Å². The highest BCUT2D eigenvalue weighted by Gasteiger charge is 1.91. The van der Waals surface area contributed by atoms with Gasteiger partial charge in [0.05, 0.1) is 0 Å². The minimum Gasteiger partial charge on any atom is -0.299 e. The van der Waals surface area contributed by atoms with Crippen LogP contribution in [0, 0.1) is 0 Å². The number of hydrogen-bond acceptors (Lipinski definition) is 1. The molecule has 0 radical (unpaired) electrons. The quantitative estimate of drug-likeness (QED) is 0.506. The summed E-state index contributed by atoms with van der Waals surface area (Å²) in [5, 5.41) is 0. The van der Waals surface area contributed by atoms with Crippen molar-refractivity contribution in [1.82, 2.24) is 0 Å². The second-order valence-corrected chi connectivity index (χ2v) is 1.52. The van der Waals surface area contributed by atoms with Gasteiger partial charge in [-0.25, -0.2) is 0 Å². The van der Waals surface area contributed by atoms with Crippen LogP contribution in [0.4, 0.5) is 0 Å². The van der Waals surface area contributed by atoms with Gasteiger partial charge in [0, 0.05) is 12.8 Å². The molecular weight excluding hydrogens is 102 g/mol. The largest absolute Gasteiger partial charge is 0.299 e. The maximum absolute atomic E-state index is 10.5. The number of allylic oxidation sites excluding steroid dienone is 2. The molecule has 0 bridgehead atoms. The molecule has 0 N–H and O–H groups in total. The maximum Gasteiger partial charge on any atom is 0.140 e. The molecule has 0 heterocycles. The Hall–Kier alpha value is -0.850. The second-order valence-electron chi connectivity index (χ2n) is 1.52. The molecule has 0 unspecified atom stereocenters. The molecule has 0 atom stereocenters. The van der Waals surface area contributed by atoms with Crippen LogP contribution >= 0.6 is 0 Å². The molecule has 0 amide bonds. The zero-order valence-electron chi connectivity index (χ0n) is 4.89. The van der Waals surface area contributed by atoms with Crippen molar-refractivity contribution in [3.05, 3.63) is 25.3 Å². The first-order valence-electron chi connectivity index (χ1n) is 2.54. The fourth-order valence-electron chi connectivity index (χ4n) is 0.405. The SMILES string of the molecule is C=CC[14C](=O)CC=C. The molecule has 8 heavy (non-hydrogen) atoms. The van der Waals surface area contributed by atoms with E-state index < -0.39 is 0 Å². The Morgan fingerprint density at radius 2 is 1.62 bits per heavy atom. The Morgan fingerprint density at radius 1 is 1.25 bits per heavy atom. The summed E-state index contributed by atoms with van der Waals surface area (Å²) >= 11 is 0. The third kappa shape index (κ3) is 3.34. The minimum atomic E-state index is 0.176. The van der Waals surface area contributed by atoms with Gasteiger partial charge in [-0.2, -0.15) is 0 Å². The van der Waals surface area contributed by atoms with Crippen molar-refractivity contribution < 1.29 is 4.79 Å². The van der Waals surface area contributed by atoms with Crippen LogP contribution in [-0.4, -0.2) is 5.78 Å². The van der Waals surface area contributed by atoms with Gasteiger partial charge in [-0.1, -0.05) is 12.2 Å². The lowest BCUT2D eigenvalue weighted by molar-refractivity contribution is -0.117. The summed E-state index contributed by atoms with van der Waals surface area (Å²) in [7, 11) is 0. The first-order valence-corrected chi connectivity index (χ1v) is 2.54. The van der Waals surface area contributed by atoms with Gasteiger partial charge in [0.1, 0.15) is 5.78 Å². The Kier molecular flexibility index (Phi) is 3.85. The van der Waals surface area contributed by atoms with Crippen LogP contribution in [0.2, 0.25) is 0 Å². The molecule has 0 aliphatic heterocycles. The third-order valence-corrected chi connectivity index (χ3v) is 0.744. The van der Waals surface area contributed by atoms with Crippen molar-refractivity contribution in [2.24, 2.45) is 0 Å². The lowest BCUT2D eigenvalue weighted by Crippen LogP contribution is -1.90.